The van der Waals surface area contributed by atoms with E-state index in [0.29, 0.717) is 11.4 Å². The van der Waals surface area contributed by atoms with Crippen molar-refractivity contribution in [3.8, 4) is 0 Å². The predicted molar refractivity (Wildman–Crippen MR) is 68.4 cm³/mol. The van der Waals surface area contributed by atoms with Gasteiger partial charge in [-0.2, -0.15) is 5.21 Å². The summed E-state index contributed by atoms with van der Waals surface area (Å²) in [6, 6.07) is 1.67. The lowest BCUT2D eigenvalue weighted by atomic mass is 10.2. The van der Waals surface area contributed by atoms with E-state index in [-0.39, 0.29) is 12.5 Å². The van der Waals surface area contributed by atoms with Gasteiger partial charge in [0.05, 0.1) is 24.0 Å². The van der Waals surface area contributed by atoms with Gasteiger partial charge >= 0.3 is 0 Å². The molecule has 0 atom stereocenters. The Morgan fingerprint density at radius 1 is 1.47 bits per heavy atom. The zero-order valence-electron chi connectivity index (χ0n) is 10.6. The number of rotatable bonds is 6. The fourth-order valence-electron chi connectivity index (χ4n) is 1.50. The zero-order valence-corrected chi connectivity index (χ0v) is 10.6. The van der Waals surface area contributed by atoms with E-state index < -0.39 is 0 Å². The smallest absolute Gasteiger partial charge is 0.253 e. The van der Waals surface area contributed by atoms with Crippen LogP contribution >= 0.6 is 0 Å². The molecule has 2 aromatic heterocycles. The van der Waals surface area contributed by atoms with Gasteiger partial charge in [-0.05, 0) is 12.5 Å². The third-order valence-electron chi connectivity index (χ3n) is 2.43. The van der Waals surface area contributed by atoms with Gasteiger partial charge < -0.3 is 10.6 Å². The Labute approximate surface area is 110 Å². The molecule has 100 valence electrons. The van der Waals surface area contributed by atoms with Crippen LogP contribution in [0.1, 0.15) is 29.5 Å². The molecule has 2 aromatic rings. The van der Waals surface area contributed by atoms with Crippen LogP contribution in [0.25, 0.3) is 0 Å². The van der Waals surface area contributed by atoms with Crippen LogP contribution in [0.4, 0.5) is 5.69 Å². The van der Waals surface area contributed by atoms with Gasteiger partial charge in [0, 0.05) is 12.7 Å². The van der Waals surface area contributed by atoms with E-state index >= 15 is 0 Å². The molecule has 2 rings (SSSR count). The molecule has 0 aliphatic heterocycles. The van der Waals surface area contributed by atoms with E-state index in [4.69, 9.17) is 0 Å². The summed E-state index contributed by atoms with van der Waals surface area (Å²) in [5, 5.41) is 19.2. The molecule has 0 spiro atoms. The first-order valence-electron chi connectivity index (χ1n) is 5.99. The number of carbonyl (C=O) groups excluding carboxylic acids is 1. The van der Waals surface area contributed by atoms with E-state index in [1.54, 1.807) is 18.5 Å². The molecule has 0 aliphatic carbocycles. The number of aromatic nitrogens is 5. The zero-order chi connectivity index (χ0) is 13.5. The molecule has 0 bridgehead atoms. The minimum absolute atomic E-state index is 0.203. The predicted octanol–water partition coefficient (Wildman–Crippen LogP) is 0.347. The van der Waals surface area contributed by atoms with Gasteiger partial charge in [0.25, 0.3) is 5.91 Å². The Kier molecular flexibility index (Phi) is 4.38. The highest BCUT2D eigenvalue weighted by molar-refractivity contribution is 5.99. The summed E-state index contributed by atoms with van der Waals surface area (Å²) < 4.78 is 0. The molecular formula is C11H15N7O. The topological polar surface area (TPSA) is 108 Å². The van der Waals surface area contributed by atoms with Gasteiger partial charge in [0.1, 0.15) is 0 Å². The normalized spacial score (nSPS) is 10.2. The number of anilines is 1. The average Bonchev–Trinajstić information content (AvgIpc) is 2.96. The number of nitrogens with zero attached hydrogens (tertiary/aromatic N) is 4. The van der Waals surface area contributed by atoms with Crippen molar-refractivity contribution in [2.75, 3.05) is 11.9 Å². The van der Waals surface area contributed by atoms with Crippen molar-refractivity contribution in [2.45, 2.75) is 19.9 Å². The molecule has 8 nitrogen and oxygen atoms in total. The standard InChI is InChI=1S/C11H15N7O/c1-2-4-13-9-6-12-5-3-8(9)11(19)14-7-10-15-17-18-16-10/h3,5-6,13H,2,4,7H2,1H3,(H,14,19)(H,15,16,17,18). The Hall–Kier alpha value is -2.51. The third-order valence-corrected chi connectivity index (χ3v) is 2.43. The Balaban J connectivity index is 2.01. The average molecular weight is 261 g/mol. The van der Waals surface area contributed by atoms with Crippen LogP contribution in [0, 0.1) is 0 Å². The van der Waals surface area contributed by atoms with Gasteiger partial charge in [-0.15, -0.1) is 10.2 Å². The number of carbonyl (C=O) groups is 1. The van der Waals surface area contributed by atoms with E-state index in [9.17, 15) is 4.79 Å². The number of H-pyrrole nitrogens is 1. The summed E-state index contributed by atoms with van der Waals surface area (Å²) in [6.45, 7) is 3.07. The van der Waals surface area contributed by atoms with Crippen LogP contribution in [-0.2, 0) is 6.54 Å². The second-order valence-electron chi connectivity index (χ2n) is 3.86. The third kappa shape index (κ3) is 3.47. The van der Waals surface area contributed by atoms with E-state index in [2.05, 4.69) is 43.2 Å². The van der Waals surface area contributed by atoms with Crippen LogP contribution < -0.4 is 10.6 Å². The van der Waals surface area contributed by atoms with Gasteiger partial charge in [-0.3, -0.25) is 9.78 Å². The van der Waals surface area contributed by atoms with Gasteiger partial charge in [0.2, 0.25) is 0 Å². The largest absolute Gasteiger partial charge is 0.383 e. The molecule has 19 heavy (non-hydrogen) atoms. The molecule has 0 saturated heterocycles. The number of aromatic amines is 1. The number of nitrogens with one attached hydrogen (secondary N) is 3. The van der Waals surface area contributed by atoms with Crippen molar-refractivity contribution in [2.24, 2.45) is 0 Å². The molecule has 0 aromatic carbocycles. The SMILES string of the molecule is CCCNc1cnccc1C(=O)NCc1nn[nH]n1. The number of amides is 1. The fraction of sp³-hybridized carbons (Fsp3) is 0.364. The lowest BCUT2D eigenvalue weighted by molar-refractivity contribution is 0.0950. The summed E-state index contributed by atoms with van der Waals surface area (Å²) >= 11 is 0. The number of hydrogen-bond acceptors (Lipinski definition) is 6. The highest BCUT2D eigenvalue weighted by atomic mass is 16.1. The molecule has 0 saturated carbocycles. The summed E-state index contributed by atoms with van der Waals surface area (Å²) in [6.07, 6.45) is 4.19. The van der Waals surface area contributed by atoms with Crippen LogP contribution in [0.15, 0.2) is 18.5 Å². The van der Waals surface area contributed by atoms with Crippen LogP contribution in [0.2, 0.25) is 0 Å². The highest BCUT2D eigenvalue weighted by Crippen LogP contribution is 2.13. The first-order chi connectivity index (χ1) is 9.31. The molecule has 0 fully saturated rings. The van der Waals surface area contributed by atoms with Crippen LogP contribution in [-0.4, -0.2) is 38.1 Å². The maximum absolute atomic E-state index is 12.1. The van der Waals surface area contributed by atoms with Gasteiger partial charge in [0.15, 0.2) is 5.82 Å². The molecule has 1 amide bonds. The Bertz CT molecular complexity index is 526. The minimum Gasteiger partial charge on any atom is -0.383 e. The Morgan fingerprint density at radius 2 is 2.37 bits per heavy atom. The molecule has 0 radical (unpaired) electrons. The lowest BCUT2D eigenvalue weighted by Gasteiger charge is -2.10. The van der Waals surface area contributed by atoms with E-state index in [0.717, 1.165) is 18.7 Å². The number of pyridine rings is 1. The maximum Gasteiger partial charge on any atom is 0.253 e. The maximum atomic E-state index is 12.1. The van der Waals surface area contributed by atoms with Gasteiger partial charge in [-0.1, -0.05) is 12.1 Å². The minimum atomic E-state index is -0.203. The van der Waals surface area contributed by atoms with Crippen LogP contribution in [0.3, 0.4) is 0 Å². The van der Waals surface area contributed by atoms with Crippen molar-refractivity contribution in [3.05, 3.63) is 29.8 Å². The summed E-state index contributed by atoms with van der Waals surface area (Å²) in [7, 11) is 0. The molecule has 0 unspecified atom stereocenters. The van der Waals surface area contributed by atoms with Crippen molar-refractivity contribution in [1.29, 1.82) is 0 Å². The first kappa shape index (κ1) is 12.9. The summed E-state index contributed by atoms with van der Waals surface area (Å²) in [4.78, 5) is 16.1. The molecular weight excluding hydrogens is 246 g/mol. The highest BCUT2D eigenvalue weighted by Gasteiger charge is 2.11. The summed E-state index contributed by atoms with van der Waals surface area (Å²) in [5.74, 6) is 0.233. The van der Waals surface area contributed by atoms with Crippen molar-refractivity contribution < 1.29 is 4.79 Å². The second-order valence-corrected chi connectivity index (χ2v) is 3.86. The van der Waals surface area contributed by atoms with Crippen molar-refractivity contribution in [3.63, 3.8) is 0 Å². The molecule has 2 heterocycles. The first-order valence-corrected chi connectivity index (χ1v) is 5.99. The number of hydrogen-bond donors (Lipinski definition) is 3. The van der Waals surface area contributed by atoms with E-state index in [1.165, 1.54) is 0 Å². The van der Waals surface area contributed by atoms with E-state index in [1.807, 2.05) is 0 Å². The van der Waals surface area contributed by atoms with Crippen LogP contribution in [0.5, 0.6) is 0 Å². The fourth-order valence-corrected chi connectivity index (χ4v) is 1.50. The lowest BCUT2D eigenvalue weighted by Crippen LogP contribution is -2.24. The monoisotopic (exact) mass is 261 g/mol. The van der Waals surface area contributed by atoms with Gasteiger partial charge in [-0.25, -0.2) is 0 Å². The molecule has 0 aliphatic rings. The van der Waals surface area contributed by atoms with Crippen molar-refractivity contribution >= 4 is 11.6 Å². The quantitative estimate of drug-likeness (QED) is 0.692. The molecule has 8 heteroatoms. The van der Waals surface area contributed by atoms with Crippen molar-refractivity contribution in [1.82, 2.24) is 30.9 Å². The summed E-state index contributed by atoms with van der Waals surface area (Å²) in [5.41, 5.74) is 1.27. The Morgan fingerprint density at radius 3 is 3.11 bits per heavy atom. The second kappa shape index (κ2) is 6.43. The molecule has 3 N–H and O–H groups in total. The number of tetrazole rings is 1.